The van der Waals surface area contributed by atoms with Crippen LogP contribution in [0.15, 0.2) is 0 Å². The number of hydrogen-bond acceptors (Lipinski definition) is 3. The topological polar surface area (TPSA) is 77.8 Å². The fraction of sp³-hybridized carbons (Fsp3) is 1.00. The normalized spacial score (nSPS) is 15.5. The molecule has 0 aromatic rings. The van der Waals surface area contributed by atoms with Gasteiger partial charge in [0.15, 0.2) is 0 Å². The van der Waals surface area contributed by atoms with Crippen molar-refractivity contribution >= 4 is 10.4 Å². The molecule has 0 aliphatic heterocycles. The highest BCUT2D eigenvalue weighted by atomic mass is 32.3. The van der Waals surface area contributed by atoms with E-state index in [1.165, 1.54) is 122 Å². The van der Waals surface area contributed by atoms with E-state index in [0.29, 0.717) is 0 Å². The highest BCUT2D eigenvalue weighted by Crippen LogP contribution is 2.26. The fourth-order valence-corrected chi connectivity index (χ4v) is 4.09. The van der Waals surface area contributed by atoms with Gasteiger partial charge in [0.05, 0.1) is 0 Å². The molecular formula is C22H47NO4S. The predicted molar refractivity (Wildman–Crippen MR) is 119 cm³/mol. The van der Waals surface area contributed by atoms with Crippen molar-refractivity contribution in [2.45, 2.75) is 117 Å². The Hall–Kier alpha value is -0.170. The second-order valence-corrected chi connectivity index (χ2v) is 9.25. The van der Waals surface area contributed by atoms with Crippen LogP contribution < -0.4 is 0 Å². The van der Waals surface area contributed by atoms with Crippen molar-refractivity contribution in [3.63, 3.8) is 0 Å². The summed E-state index contributed by atoms with van der Waals surface area (Å²) >= 11 is 0. The molecule has 6 heteroatoms. The van der Waals surface area contributed by atoms with Crippen molar-refractivity contribution in [3.8, 4) is 0 Å². The molecule has 0 amide bonds. The molecule has 1 saturated carbocycles. The summed E-state index contributed by atoms with van der Waals surface area (Å²) in [5.41, 5.74) is 0. The summed E-state index contributed by atoms with van der Waals surface area (Å²) in [6, 6.07) is 0. The average Bonchev–Trinajstić information content (AvgIpc) is 2.65. The molecule has 0 unspecified atom stereocenters. The van der Waals surface area contributed by atoms with Crippen molar-refractivity contribution in [3.05, 3.63) is 0 Å². The van der Waals surface area contributed by atoms with Crippen LogP contribution in [0, 0.1) is 5.92 Å². The number of nitrogens with zero attached hydrogens (tertiary/aromatic N) is 1. The van der Waals surface area contributed by atoms with Crippen molar-refractivity contribution in [2.24, 2.45) is 5.92 Å². The molecule has 170 valence electrons. The molecule has 5 nitrogen and oxygen atoms in total. The zero-order valence-corrected chi connectivity index (χ0v) is 19.4. The second kappa shape index (κ2) is 18.8. The first-order chi connectivity index (χ1) is 13.4. The van der Waals surface area contributed by atoms with E-state index in [2.05, 4.69) is 18.7 Å². The molecular weight excluding hydrogens is 374 g/mol. The molecule has 0 radical (unpaired) electrons. The van der Waals surface area contributed by atoms with Crippen molar-refractivity contribution in [2.75, 3.05) is 19.6 Å². The highest BCUT2D eigenvalue weighted by molar-refractivity contribution is 7.79. The largest absolute Gasteiger partial charge is 0.394 e. The summed E-state index contributed by atoms with van der Waals surface area (Å²) in [5, 5.41) is 0. The Morgan fingerprint density at radius 2 is 1.21 bits per heavy atom. The Kier molecular flexibility index (Phi) is 18.7. The average molecular weight is 422 g/mol. The molecule has 0 aromatic heterocycles. The van der Waals surface area contributed by atoms with Gasteiger partial charge < -0.3 is 4.90 Å². The molecule has 0 atom stereocenters. The van der Waals surface area contributed by atoms with Crippen LogP contribution in [0.5, 0.6) is 0 Å². The van der Waals surface area contributed by atoms with Crippen LogP contribution in [0.4, 0.5) is 0 Å². The minimum absolute atomic E-state index is 1.05. The van der Waals surface area contributed by atoms with E-state index in [-0.39, 0.29) is 0 Å². The number of rotatable bonds is 15. The first-order valence-electron chi connectivity index (χ1n) is 11.8. The third-order valence-electron chi connectivity index (χ3n) is 5.85. The SMILES string of the molecule is CCCCCCCCCCCCN(CC)CCC1CCCCC1.O=S(=O)(O)O. The lowest BCUT2D eigenvalue weighted by molar-refractivity contribution is 0.236. The van der Waals surface area contributed by atoms with Gasteiger partial charge in [0.2, 0.25) is 0 Å². The third-order valence-corrected chi connectivity index (χ3v) is 5.85. The maximum absolute atomic E-state index is 8.74. The summed E-state index contributed by atoms with van der Waals surface area (Å²) in [6.07, 6.45) is 23.5. The molecule has 2 N–H and O–H groups in total. The summed E-state index contributed by atoms with van der Waals surface area (Å²) in [5.74, 6) is 1.05. The molecule has 1 fully saturated rings. The molecule has 1 aliphatic carbocycles. The molecule has 0 bridgehead atoms. The predicted octanol–water partition coefficient (Wildman–Crippen LogP) is 6.55. The summed E-state index contributed by atoms with van der Waals surface area (Å²) in [6.45, 7) is 8.61. The van der Waals surface area contributed by atoms with Gasteiger partial charge in [0.25, 0.3) is 0 Å². The van der Waals surface area contributed by atoms with Gasteiger partial charge in [-0.1, -0.05) is 104 Å². The Morgan fingerprint density at radius 3 is 1.68 bits per heavy atom. The van der Waals surface area contributed by atoms with Crippen molar-refractivity contribution in [1.82, 2.24) is 4.90 Å². The van der Waals surface area contributed by atoms with Crippen molar-refractivity contribution < 1.29 is 17.5 Å². The molecule has 1 rings (SSSR count). The molecule has 0 spiro atoms. The van der Waals surface area contributed by atoms with E-state index < -0.39 is 10.4 Å². The van der Waals surface area contributed by atoms with Gasteiger partial charge in [-0.3, -0.25) is 9.11 Å². The summed E-state index contributed by atoms with van der Waals surface area (Å²) in [4.78, 5) is 2.71. The van der Waals surface area contributed by atoms with Gasteiger partial charge in [-0.25, -0.2) is 0 Å². The van der Waals surface area contributed by atoms with Crippen LogP contribution in [0.25, 0.3) is 0 Å². The van der Waals surface area contributed by atoms with Crippen LogP contribution in [0.3, 0.4) is 0 Å². The first-order valence-corrected chi connectivity index (χ1v) is 13.2. The smallest absolute Gasteiger partial charge is 0.304 e. The van der Waals surface area contributed by atoms with E-state index in [4.69, 9.17) is 17.5 Å². The van der Waals surface area contributed by atoms with Crippen LogP contribution >= 0.6 is 0 Å². The van der Waals surface area contributed by atoms with Crippen LogP contribution in [0.1, 0.15) is 117 Å². The fourth-order valence-electron chi connectivity index (χ4n) is 4.09. The molecule has 1 aliphatic rings. The Bertz CT molecular complexity index is 414. The molecule has 0 heterocycles. The maximum Gasteiger partial charge on any atom is 0.394 e. The van der Waals surface area contributed by atoms with Crippen LogP contribution in [-0.4, -0.2) is 42.1 Å². The highest BCUT2D eigenvalue weighted by Gasteiger charge is 2.14. The summed E-state index contributed by atoms with van der Waals surface area (Å²) < 4.78 is 31.6. The lowest BCUT2D eigenvalue weighted by Gasteiger charge is -2.26. The number of unbranched alkanes of at least 4 members (excludes halogenated alkanes) is 9. The van der Waals surface area contributed by atoms with Crippen LogP contribution in [0.2, 0.25) is 0 Å². The Balaban J connectivity index is 0.00000129. The first kappa shape index (κ1) is 27.8. The second-order valence-electron chi connectivity index (χ2n) is 8.36. The van der Waals surface area contributed by atoms with E-state index >= 15 is 0 Å². The van der Waals surface area contributed by atoms with E-state index in [1.54, 1.807) is 0 Å². The van der Waals surface area contributed by atoms with Crippen LogP contribution in [-0.2, 0) is 10.4 Å². The molecule has 0 aromatic carbocycles. The third kappa shape index (κ3) is 22.1. The monoisotopic (exact) mass is 421 g/mol. The van der Waals surface area contributed by atoms with E-state index in [9.17, 15) is 0 Å². The minimum atomic E-state index is -4.67. The maximum atomic E-state index is 8.74. The lowest BCUT2D eigenvalue weighted by Crippen LogP contribution is -2.27. The van der Waals surface area contributed by atoms with Gasteiger partial charge >= 0.3 is 10.4 Å². The standard InChI is InChI=1S/C22H45N.H2O4S/c1-3-5-6-7-8-9-10-11-12-16-20-23(4-2)21-19-22-17-14-13-15-18-22;1-5(2,3)4/h22H,3-21H2,1-2H3;(H2,1,2,3,4). The minimum Gasteiger partial charge on any atom is -0.304 e. The van der Waals surface area contributed by atoms with E-state index in [1.807, 2.05) is 0 Å². The summed E-state index contributed by atoms with van der Waals surface area (Å²) in [7, 11) is -4.67. The van der Waals surface area contributed by atoms with Gasteiger partial charge in [-0.2, -0.15) is 8.42 Å². The van der Waals surface area contributed by atoms with Gasteiger partial charge in [0, 0.05) is 0 Å². The van der Waals surface area contributed by atoms with Gasteiger partial charge in [-0.05, 0) is 38.4 Å². The van der Waals surface area contributed by atoms with Gasteiger partial charge in [-0.15, -0.1) is 0 Å². The zero-order chi connectivity index (χ0) is 21.1. The number of hydrogen-bond donors (Lipinski definition) is 2. The Labute approximate surface area is 175 Å². The molecule has 0 saturated heterocycles. The van der Waals surface area contributed by atoms with Gasteiger partial charge in [0.1, 0.15) is 0 Å². The van der Waals surface area contributed by atoms with Crippen molar-refractivity contribution in [1.29, 1.82) is 0 Å². The molecule has 28 heavy (non-hydrogen) atoms. The Morgan fingerprint density at radius 1 is 0.750 bits per heavy atom. The zero-order valence-electron chi connectivity index (χ0n) is 18.6. The quantitative estimate of drug-likeness (QED) is 0.232. The van der Waals surface area contributed by atoms with E-state index in [0.717, 1.165) is 5.92 Å². The lowest BCUT2D eigenvalue weighted by atomic mass is 9.87.